The average molecular weight is 500 g/mol. The van der Waals surface area contributed by atoms with Crippen molar-refractivity contribution in [3.63, 3.8) is 0 Å². The van der Waals surface area contributed by atoms with E-state index in [1.54, 1.807) is 16.2 Å². The Morgan fingerprint density at radius 3 is 2.47 bits per heavy atom. The van der Waals surface area contributed by atoms with Crippen LogP contribution in [0.3, 0.4) is 0 Å². The second kappa shape index (κ2) is 9.66. The molecule has 0 spiro atoms. The summed E-state index contributed by atoms with van der Waals surface area (Å²) in [5, 5.41) is 3.05. The van der Waals surface area contributed by atoms with E-state index >= 15 is 0 Å². The Hall–Kier alpha value is -3.84. The molecule has 2 aromatic carbocycles. The van der Waals surface area contributed by atoms with Crippen LogP contribution in [0.15, 0.2) is 72.4 Å². The van der Waals surface area contributed by atoms with Gasteiger partial charge in [-0.1, -0.05) is 30.3 Å². The van der Waals surface area contributed by atoms with E-state index in [4.69, 9.17) is 15.2 Å². The molecule has 36 heavy (non-hydrogen) atoms. The van der Waals surface area contributed by atoms with Crippen molar-refractivity contribution >= 4 is 38.9 Å². The van der Waals surface area contributed by atoms with Crippen molar-refractivity contribution in [2.75, 3.05) is 12.3 Å². The summed E-state index contributed by atoms with van der Waals surface area (Å²) in [5.41, 5.74) is 9.99. The van der Waals surface area contributed by atoms with Gasteiger partial charge in [0, 0.05) is 40.2 Å². The number of amides is 1. The monoisotopic (exact) mass is 499 g/mol. The first-order valence-electron chi connectivity index (χ1n) is 12.0. The molecule has 1 aliphatic rings. The van der Waals surface area contributed by atoms with E-state index in [0.717, 1.165) is 56.7 Å². The summed E-state index contributed by atoms with van der Waals surface area (Å²) in [5.74, 6) is 2.06. The largest absolute Gasteiger partial charge is 0.457 e. The SMILES string of the molecule is CC(C)(C)OC(=O)N1C=C(c2cnc(N)c3c(-c4ccc(Oc5ccccc5)cc4)csc23)CCC1. The Morgan fingerprint density at radius 2 is 1.75 bits per heavy atom. The lowest BCUT2D eigenvalue weighted by atomic mass is 9.98. The number of benzene rings is 2. The molecule has 0 fully saturated rings. The van der Waals surface area contributed by atoms with Gasteiger partial charge in [-0.15, -0.1) is 11.3 Å². The highest BCUT2D eigenvalue weighted by atomic mass is 32.1. The smallest absolute Gasteiger partial charge is 0.414 e. The number of fused-ring (bicyclic) bond motifs is 1. The van der Waals surface area contributed by atoms with Gasteiger partial charge in [0.2, 0.25) is 0 Å². The predicted molar refractivity (Wildman–Crippen MR) is 146 cm³/mol. The fourth-order valence-corrected chi connectivity index (χ4v) is 5.39. The molecule has 184 valence electrons. The summed E-state index contributed by atoms with van der Waals surface area (Å²) in [6, 6.07) is 17.7. The lowest BCUT2D eigenvalue weighted by molar-refractivity contribution is 0.0329. The topological polar surface area (TPSA) is 77.7 Å². The molecular weight excluding hydrogens is 470 g/mol. The molecule has 1 amide bonds. The van der Waals surface area contributed by atoms with Crippen LogP contribution in [-0.4, -0.2) is 28.1 Å². The number of rotatable bonds is 4. The van der Waals surface area contributed by atoms with Crippen molar-refractivity contribution in [2.24, 2.45) is 0 Å². The zero-order chi connectivity index (χ0) is 25.3. The maximum Gasteiger partial charge on any atom is 0.414 e. The normalized spacial score (nSPS) is 14.0. The van der Waals surface area contributed by atoms with Gasteiger partial charge in [0.25, 0.3) is 0 Å². The van der Waals surface area contributed by atoms with Crippen LogP contribution < -0.4 is 10.5 Å². The number of thiophene rings is 1. The van der Waals surface area contributed by atoms with Gasteiger partial charge >= 0.3 is 6.09 Å². The van der Waals surface area contributed by atoms with Gasteiger partial charge in [-0.3, -0.25) is 4.90 Å². The molecule has 5 rings (SSSR count). The van der Waals surface area contributed by atoms with Crippen LogP contribution >= 0.6 is 11.3 Å². The van der Waals surface area contributed by atoms with Crippen LogP contribution in [0.4, 0.5) is 10.6 Å². The number of nitrogens with zero attached hydrogens (tertiary/aromatic N) is 2. The quantitative estimate of drug-likeness (QED) is 0.311. The number of pyridine rings is 1. The second-order valence-corrected chi connectivity index (χ2v) is 10.7. The number of para-hydroxylation sites is 1. The van der Waals surface area contributed by atoms with Gasteiger partial charge in [0.15, 0.2) is 0 Å². The van der Waals surface area contributed by atoms with Crippen molar-refractivity contribution in [3.8, 4) is 22.6 Å². The zero-order valence-electron chi connectivity index (χ0n) is 20.7. The summed E-state index contributed by atoms with van der Waals surface area (Å²) >= 11 is 1.64. The number of hydrogen-bond donors (Lipinski definition) is 1. The first kappa shape index (κ1) is 23.9. The zero-order valence-corrected chi connectivity index (χ0v) is 21.5. The number of aromatic nitrogens is 1. The molecular formula is C29H29N3O3S. The van der Waals surface area contributed by atoms with E-state index in [0.29, 0.717) is 12.4 Å². The minimum atomic E-state index is -0.539. The van der Waals surface area contributed by atoms with Crippen molar-refractivity contribution in [2.45, 2.75) is 39.2 Å². The highest BCUT2D eigenvalue weighted by Gasteiger charge is 2.25. The number of ether oxygens (including phenoxy) is 2. The Bertz CT molecular complexity index is 1420. The molecule has 2 aromatic heterocycles. The average Bonchev–Trinajstić information content (AvgIpc) is 3.31. The molecule has 0 atom stereocenters. The van der Waals surface area contributed by atoms with Crippen LogP contribution in [-0.2, 0) is 4.74 Å². The van der Waals surface area contributed by atoms with Crippen LogP contribution in [0, 0.1) is 0 Å². The van der Waals surface area contributed by atoms with E-state index in [1.807, 2.05) is 87.8 Å². The molecule has 6 nitrogen and oxygen atoms in total. The van der Waals surface area contributed by atoms with Crippen molar-refractivity contribution in [3.05, 3.63) is 77.9 Å². The van der Waals surface area contributed by atoms with Crippen molar-refractivity contribution in [1.29, 1.82) is 0 Å². The molecule has 3 heterocycles. The minimum absolute atomic E-state index is 0.330. The van der Waals surface area contributed by atoms with Crippen molar-refractivity contribution in [1.82, 2.24) is 9.88 Å². The number of carbonyl (C=O) groups is 1. The van der Waals surface area contributed by atoms with Gasteiger partial charge in [-0.25, -0.2) is 9.78 Å². The van der Waals surface area contributed by atoms with Crippen LogP contribution in [0.25, 0.3) is 26.8 Å². The number of nitrogens with two attached hydrogens (primary N) is 1. The molecule has 0 saturated heterocycles. The lowest BCUT2D eigenvalue weighted by Crippen LogP contribution is -2.35. The summed E-state index contributed by atoms with van der Waals surface area (Å²) in [7, 11) is 0. The van der Waals surface area contributed by atoms with Crippen molar-refractivity contribution < 1.29 is 14.3 Å². The first-order chi connectivity index (χ1) is 17.3. The maximum absolute atomic E-state index is 12.7. The van der Waals surface area contributed by atoms with Gasteiger partial charge in [0.1, 0.15) is 22.9 Å². The molecule has 0 aliphatic carbocycles. The Balaban J connectivity index is 1.46. The summed E-state index contributed by atoms with van der Waals surface area (Å²) in [6.45, 7) is 6.26. The molecule has 0 saturated carbocycles. The van der Waals surface area contributed by atoms with E-state index < -0.39 is 5.60 Å². The van der Waals surface area contributed by atoms with Crippen LogP contribution in [0.5, 0.6) is 11.5 Å². The van der Waals surface area contributed by atoms with E-state index in [2.05, 4.69) is 10.4 Å². The van der Waals surface area contributed by atoms with Gasteiger partial charge in [-0.2, -0.15) is 0 Å². The standard InChI is InChI=1S/C29H29N3O3S/c1-29(2,3)35-28(33)32-15-7-8-20(17-32)23-16-31-27(30)25-24(18-36-26(23)25)19-11-13-22(14-12-19)34-21-9-5-4-6-10-21/h4-6,9-14,16-18H,7-8,15H2,1-3H3,(H2,30,31). The highest BCUT2D eigenvalue weighted by molar-refractivity contribution is 7.18. The van der Waals surface area contributed by atoms with E-state index in [1.165, 1.54) is 0 Å². The molecule has 0 bridgehead atoms. The van der Waals surface area contributed by atoms with E-state index in [-0.39, 0.29) is 6.09 Å². The fourth-order valence-electron chi connectivity index (χ4n) is 4.26. The van der Waals surface area contributed by atoms with Crippen LogP contribution in [0.2, 0.25) is 0 Å². The third kappa shape index (κ3) is 5.06. The molecule has 7 heteroatoms. The number of carbonyl (C=O) groups excluding carboxylic acids is 1. The molecule has 0 unspecified atom stereocenters. The minimum Gasteiger partial charge on any atom is -0.457 e. The highest BCUT2D eigenvalue weighted by Crippen LogP contribution is 2.42. The Labute approximate surface area is 215 Å². The van der Waals surface area contributed by atoms with Gasteiger partial charge in [0.05, 0.1) is 0 Å². The summed E-state index contributed by atoms with van der Waals surface area (Å²) in [6.07, 6.45) is 5.11. The van der Waals surface area contributed by atoms with Gasteiger partial charge in [-0.05, 0) is 74.4 Å². The molecule has 4 aromatic rings. The number of allylic oxidation sites excluding steroid dienone is 1. The Morgan fingerprint density at radius 1 is 1.03 bits per heavy atom. The number of anilines is 1. The molecule has 1 aliphatic heterocycles. The van der Waals surface area contributed by atoms with Gasteiger partial charge < -0.3 is 15.2 Å². The molecule has 0 radical (unpaired) electrons. The lowest BCUT2D eigenvalue weighted by Gasteiger charge is -2.28. The van der Waals surface area contributed by atoms with E-state index in [9.17, 15) is 4.79 Å². The molecule has 2 N–H and O–H groups in total. The predicted octanol–water partition coefficient (Wildman–Crippen LogP) is 7.71. The third-order valence-electron chi connectivity index (χ3n) is 5.90. The second-order valence-electron chi connectivity index (χ2n) is 9.78. The van der Waals surface area contributed by atoms with Crippen LogP contribution in [0.1, 0.15) is 39.2 Å². The number of hydrogen-bond acceptors (Lipinski definition) is 6. The third-order valence-corrected chi connectivity index (χ3v) is 6.91. The maximum atomic E-state index is 12.7. The first-order valence-corrected chi connectivity index (χ1v) is 12.9. The summed E-state index contributed by atoms with van der Waals surface area (Å²) < 4.78 is 12.6. The fraction of sp³-hybridized carbons (Fsp3) is 0.241. The number of nitrogen functional groups attached to an aromatic ring is 1. The summed E-state index contributed by atoms with van der Waals surface area (Å²) in [4.78, 5) is 18.8. The Kier molecular flexibility index (Phi) is 6.41.